The topological polar surface area (TPSA) is 83.8 Å². The van der Waals surface area contributed by atoms with Gasteiger partial charge in [-0.2, -0.15) is 0 Å². The Morgan fingerprint density at radius 1 is 1.00 bits per heavy atom. The Labute approximate surface area is 102 Å². The normalized spacial score (nSPS) is 10.3. The molecular weight excluding hydrogens is 236 g/mol. The molecule has 0 heterocycles. The van der Waals surface area contributed by atoms with Gasteiger partial charge in [0.25, 0.3) is 0 Å². The highest BCUT2D eigenvalue weighted by atomic mass is 16.5. The number of carbonyl (C=O) groups is 2. The summed E-state index contributed by atoms with van der Waals surface area (Å²) in [7, 11) is 1.41. The molecule has 2 rings (SSSR count). The van der Waals surface area contributed by atoms with Crippen LogP contribution < -0.4 is 4.74 Å². The second-order valence-electron chi connectivity index (χ2n) is 3.72. The molecule has 0 unspecified atom stereocenters. The number of rotatable bonds is 3. The van der Waals surface area contributed by atoms with E-state index in [2.05, 4.69) is 0 Å². The van der Waals surface area contributed by atoms with Gasteiger partial charge >= 0.3 is 11.9 Å². The summed E-state index contributed by atoms with van der Waals surface area (Å²) in [6.45, 7) is 0. The number of aromatic carboxylic acids is 2. The summed E-state index contributed by atoms with van der Waals surface area (Å²) in [4.78, 5) is 21.8. The molecule has 0 spiro atoms. The van der Waals surface area contributed by atoms with Gasteiger partial charge in [0.2, 0.25) is 0 Å². The summed E-state index contributed by atoms with van der Waals surface area (Å²) in [5.41, 5.74) is 0.228. The Balaban J connectivity index is 2.75. The minimum absolute atomic E-state index is 0.0995. The highest BCUT2D eigenvalue weighted by molar-refractivity contribution is 6.00. The molecule has 0 atom stereocenters. The largest absolute Gasteiger partial charge is 0.496 e. The Hall–Kier alpha value is -2.56. The predicted molar refractivity (Wildman–Crippen MR) is 64.4 cm³/mol. The first-order chi connectivity index (χ1) is 8.52. The van der Waals surface area contributed by atoms with Gasteiger partial charge in [-0.15, -0.1) is 0 Å². The molecule has 18 heavy (non-hydrogen) atoms. The molecule has 0 aromatic heterocycles. The Morgan fingerprint density at radius 3 is 2.22 bits per heavy atom. The third-order valence-electron chi connectivity index (χ3n) is 2.63. The van der Waals surface area contributed by atoms with E-state index in [-0.39, 0.29) is 11.1 Å². The molecule has 2 aromatic carbocycles. The molecule has 5 nitrogen and oxygen atoms in total. The average Bonchev–Trinajstić information content (AvgIpc) is 2.36. The summed E-state index contributed by atoms with van der Waals surface area (Å²) in [6.07, 6.45) is 0. The van der Waals surface area contributed by atoms with E-state index in [4.69, 9.17) is 14.9 Å². The van der Waals surface area contributed by atoms with E-state index in [0.29, 0.717) is 16.5 Å². The lowest BCUT2D eigenvalue weighted by molar-refractivity contribution is 0.0685. The van der Waals surface area contributed by atoms with Crippen LogP contribution in [0.2, 0.25) is 0 Å². The van der Waals surface area contributed by atoms with Crippen LogP contribution in [0.4, 0.5) is 0 Å². The van der Waals surface area contributed by atoms with Gasteiger partial charge in [0.15, 0.2) is 0 Å². The van der Waals surface area contributed by atoms with Crippen LogP contribution in [0.3, 0.4) is 0 Å². The highest BCUT2D eigenvalue weighted by Crippen LogP contribution is 2.28. The number of benzene rings is 2. The van der Waals surface area contributed by atoms with Crippen molar-refractivity contribution in [2.75, 3.05) is 7.11 Å². The lowest BCUT2D eigenvalue weighted by Crippen LogP contribution is -1.99. The van der Waals surface area contributed by atoms with Crippen LogP contribution in [0.15, 0.2) is 30.3 Å². The van der Waals surface area contributed by atoms with Gasteiger partial charge in [0.1, 0.15) is 5.75 Å². The van der Waals surface area contributed by atoms with Gasteiger partial charge < -0.3 is 14.9 Å². The molecular formula is C13H10O5. The van der Waals surface area contributed by atoms with E-state index in [1.165, 1.54) is 31.4 Å². The van der Waals surface area contributed by atoms with Crippen molar-refractivity contribution in [3.05, 3.63) is 41.5 Å². The highest BCUT2D eigenvalue weighted by Gasteiger charge is 2.11. The number of fused-ring (bicyclic) bond motifs is 1. The lowest BCUT2D eigenvalue weighted by Gasteiger charge is -2.08. The monoisotopic (exact) mass is 246 g/mol. The van der Waals surface area contributed by atoms with Gasteiger partial charge in [-0.25, -0.2) is 9.59 Å². The quantitative estimate of drug-likeness (QED) is 0.867. The van der Waals surface area contributed by atoms with Crippen LogP contribution in [0.5, 0.6) is 5.75 Å². The summed E-state index contributed by atoms with van der Waals surface area (Å²) in [5, 5.41) is 19.1. The van der Waals surface area contributed by atoms with Crippen LogP contribution in [0, 0.1) is 0 Å². The first-order valence-corrected chi connectivity index (χ1v) is 5.11. The van der Waals surface area contributed by atoms with Gasteiger partial charge in [0.05, 0.1) is 18.2 Å². The van der Waals surface area contributed by atoms with Crippen molar-refractivity contribution in [3.8, 4) is 5.75 Å². The van der Waals surface area contributed by atoms with Gasteiger partial charge in [-0.05, 0) is 29.7 Å². The number of hydrogen-bond acceptors (Lipinski definition) is 3. The van der Waals surface area contributed by atoms with E-state index in [9.17, 15) is 9.59 Å². The smallest absolute Gasteiger partial charge is 0.335 e. The van der Waals surface area contributed by atoms with E-state index in [0.717, 1.165) is 0 Å². The average molecular weight is 246 g/mol. The molecule has 2 aromatic rings. The second kappa shape index (κ2) is 4.37. The van der Waals surface area contributed by atoms with E-state index in [1.807, 2.05) is 0 Å². The number of carboxylic acid groups (broad SMARTS) is 2. The van der Waals surface area contributed by atoms with Gasteiger partial charge in [-0.1, -0.05) is 6.07 Å². The number of carboxylic acids is 2. The fourth-order valence-electron chi connectivity index (χ4n) is 1.75. The standard InChI is InChI=1S/C13H10O5/c1-18-11-6-9(13(16)17)4-7-2-3-8(12(14)15)5-10(7)11/h2-6H,1H3,(H,14,15)(H,16,17). The molecule has 92 valence electrons. The Bertz CT molecular complexity index is 645. The second-order valence-corrected chi connectivity index (χ2v) is 3.72. The molecule has 0 fully saturated rings. The van der Waals surface area contributed by atoms with Crippen molar-refractivity contribution < 1.29 is 24.5 Å². The van der Waals surface area contributed by atoms with Gasteiger partial charge in [-0.3, -0.25) is 0 Å². The van der Waals surface area contributed by atoms with Crippen LogP contribution >= 0.6 is 0 Å². The number of hydrogen-bond donors (Lipinski definition) is 2. The summed E-state index contributed by atoms with van der Waals surface area (Å²) in [5.74, 6) is -1.76. The lowest BCUT2D eigenvalue weighted by atomic mass is 10.0. The molecule has 0 saturated carbocycles. The molecule has 0 amide bonds. The maximum Gasteiger partial charge on any atom is 0.335 e. The van der Waals surface area contributed by atoms with Crippen LogP contribution in [-0.2, 0) is 0 Å². The third-order valence-corrected chi connectivity index (χ3v) is 2.63. The molecule has 0 aliphatic rings. The predicted octanol–water partition coefficient (Wildman–Crippen LogP) is 2.24. The van der Waals surface area contributed by atoms with Gasteiger partial charge in [0, 0.05) is 5.39 Å². The van der Waals surface area contributed by atoms with Crippen molar-refractivity contribution in [2.45, 2.75) is 0 Å². The zero-order chi connectivity index (χ0) is 13.3. The zero-order valence-electron chi connectivity index (χ0n) is 9.51. The molecule has 0 aliphatic carbocycles. The van der Waals surface area contributed by atoms with Crippen LogP contribution in [-0.4, -0.2) is 29.3 Å². The minimum Gasteiger partial charge on any atom is -0.496 e. The van der Waals surface area contributed by atoms with E-state index < -0.39 is 11.9 Å². The van der Waals surface area contributed by atoms with Crippen molar-refractivity contribution in [1.82, 2.24) is 0 Å². The number of ether oxygens (including phenoxy) is 1. The van der Waals surface area contributed by atoms with Crippen LogP contribution in [0.1, 0.15) is 20.7 Å². The summed E-state index contributed by atoms with van der Waals surface area (Å²) >= 11 is 0. The maximum absolute atomic E-state index is 10.9. The SMILES string of the molecule is COc1cc(C(=O)O)cc2ccc(C(=O)O)cc12. The van der Waals surface area contributed by atoms with Crippen molar-refractivity contribution >= 4 is 22.7 Å². The molecule has 2 N–H and O–H groups in total. The minimum atomic E-state index is -1.06. The Kier molecular flexibility index (Phi) is 2.89. The summed E-state index contributed by atoms with van der Waals surface area (Å²) < 4.78 is 5.10. The zero-order valence-corrected chi connectivity index (χ0v) is 9.51. The molecule has 0 aliphatic heterocycles. The fraction of sp³-hybridized carbons (Fsp3) is 0.0769. The molecule has 5 heteroatoms. The summed E-state index contributed by atoms with van der Waals surface area (Å²) in [6, 6.07) is 7.30. The van der Waals surface area contributed by atoms with E-state index >= 15 is 0 Å². The fourth-order valence-corrected chi connectivity index (χ4v) is 1.75. The van der Waals surface area contributed by atoms with E-state index in [1.54, 1.807) is 6.07 Å². The first kappa shape index (κ1) is 11.9. The third kappa shape index (κ3) is 1.98. The van der Waals surface area contributed by atoms with Crippen molar-refractivity contribution in [3.63, 3.8) is 0 Å². The maximum atomic E-state index is 10.9. The molecule has 0 bridgehead atoms. The molecule has 0 saturated heterocycles. The number of methoxy groups -OCH3 is 1. The van der Waals surface area contributed by atoms with Crippen molar-refractivity contribution in [2.24, 2.45) is 0 Å². The first-order valence-electron chi connectivity index (χ1n) is 5.11. The van der Waals surface area contributed by atoms with Crippen LogP contribution in [0.25, 0.3) is 10.8 Å². The Morgan fingerprint density at radius 2 is 1.67 bits per heavy atom. The van der Waals surface area contributed by atoms with Crippen molar-refractivity contribution in [1.29, 1.82) is 0 Å². The molecule has 0 radical (unpaired) electrons.